The van der Waals surface area contributed by atoms with Crippen molar-refractivity contribution in [3.05, 3.63) is 64.7 Å². The average Bonchev–Trinajstić information content (AvgIpc) is 2.59. The molecule has 3 rings (SSSR count). The molecule has 0 aliphatic heterocycles. The number of amides is 3. The predicted octanol–water partition coefficient (Wildman–Crippen LogP) is 2.99. The van der Waals surface area contributed by atoms with Gasteiger partial charge in [-0.2, -0.15) is 0 Å². The van der Waals surface area contributed by atoms with Crippen LogP contribution in [-0.4, -0.2) is 11.9 Å². The lowest BCUT2D eigenvalue weighted by atomic mass is 9.90. The molecular formula is C19H21N3O2. The number of aryl methyl sites for hydroxylation is 2. The highest BCUT2D eigenvalue weighted by Gasteiger charge is 2.12. The second-order valence-electron chi connectivity index (χ2n) is 6.06. The van der Waals surface area contributed by atoms with Crippen molar-refractivity contribution in [1.82, 2.24) is 5.32 Å². The molecule has 5 heteroatoms. The molecule has 5 nitrogen and oxygen atoms in total. The van der Waals surface area contributed by atoms with Crippen LogP contribution in [-0.2, 0) is 19.4 Å². The number of carbonyl (C=O) groups excluding carboxylic acids is 2. The summed E-state index contributed by atoms with van der Waals surface area (Å²) in [6, 6.07) is 12.6. The van der Waals surface area contributed by atoms with Crippen LogP contribution < -0.4 is 16.4 Å². The number of carbonyl (C=O) groups is 2. The molecule has 4 N–H and O–H groups in total. The van der Waals surface area contributed by atoms with Crippen LogP contribution in [0.25, 0.3) is 0 Å². The Balaban J connectivity index is 1.64. The molecule has 2 aromatic carbocycles. The molecule has 0 radical (unpaired) electrons. The molecule has 0 saturated carbocycles. The first-order valence-electron chi connectivity index (χ1n) is 8.17. The Morgan fingerprint density at radius 3 is 2.58 bits per heavy atom. The van der Waals surface area contributed by atoms with Gasteiger partial charge in [-0.15, -0.1) is 0 Å². The minimum Gasteiger partial charge on any atom is -0.351 e. The number of rotatable bonds is 4. The first kappa shape index (κ1) is 16.1. The third-order valence-corrected chi connectivity index (χ3v) is 4.26. The largest absolute Gasteiger partial charge is 0.351 e. The maximum Gasteiger partial charge on any atom is 0.316 e. The van der Waals surface area contributed by atoms with Crippen LogP contribution in [0.5, 0.6) is 0 Å². The number of anilines is 1. The Morgan fingerprint density at radius 2 is 1.79 bits per heavy atom. The SMILES string of the molecule is NC(=O)Nc1cccc(CNC(=O)c2ccc3c(c2)CCCC3)c1. The van der Waals surface area contributed by atoms with Gasteiger partial charge in [0.1, 0.15) is 0 Å². The highest BCUT2D eigenvalue weighted by Crippen LogP contribution is 2.22. The Morgan fingerprint density at radius 1 is 1.00 bits per heavy atom. The lowest BCUT2D eigenvalue weighted by Crippen LogP contribution is -2.23. The molecule has 0 unspecified atom stereocenters. The molecule has 1 aliphatic carbocycles. The fourth-order valence-corrected chi connectivity index (χ4v) is 3.06. The molecule has 0 atom stereocenters. The van der Waals surface area contributed by atoms with Crippen molar-refractivity contribution in [2.45, 2.75) is 32.2 Å². The summed E-state index contributed by atoms with van der Waals surface area (Å²) in [5.74, 6) is -0.0864. The molecule has 0 heterocycles. The van der Waals surface area contributed by atoms with Crippen LogP contribution in [0.4, 0.5) is 10.5 Å². The van der Waals surface area contributed by atoms with Crippen LogP contribution in [0, 0.1) is 0 Å². The van der Waals surface area contributed by atoms with Crippen molar-refractivity contribution < 1.29 is 9.59 Å². The van der Waals surface area contributed by atoms with E-state index in [1.54, 1.807) is 12.1 Å². The fraction of sp³-hybridized carbons (Fsp3) is 0.263. The molecule has 0 fully saturated rings. The number of primary amides is 1. The van der Waals surface area contributed by atoms with Gasteiger partial charge in [-0.05, 0) is 66.6 Å². The summed E-state index contributed by atoms with van der Waals surface area (Å²) in [7, 11) is 0. The Labute approximate surface area is 141 Å². The molecule has 1 aliphatic rings. The number of hydrogen-bond donors (Lipinski definition) is 3. The summed E-state index contributed by atoms with van der Waals surface area (Å²) < 4.78 is 0. The number of urea groups is 1. The number of nitrogens with two attached hydrogens (primary N) is 1. The van der Waals surface area contributed by atoms with Gasteiger partial charge < -0.3 is 16.4 Å². The normalized spacial score (nSPS) is 13.0. The van der Waals surface area contributed by atoms with E-state index in [1.807, 2.05) is 24.3 Å². The van der Waals surface area contributed by atoms with Crippen molar-refractivity contribution >= 4 is 17.6 Å². The van der Waals surface area contributed by atoms with E-state index < -0.39 is 6.03 Å². The Kier molecular flexibility index (Phi) is 4.79. The van der Waals surface area contributed by atoms with Gasteiger partial charge in [-0.3, -0.25) is 4.79 Å². The third kappa shape index (κ3) is 3.93. The monoisotopic (exact) mass is 323 g/mol. The van der Waals surface area contributed by atoms with Crippen LogP contribution in [0.3, 0.4) is 0 Å². The minimum atomic E-state index is -0.606. The summed E-state index contributed by atoms with van der Waals surface area (Å²) in [6.45, 7) is 0.393. The van der Waals surface area contributed by atoms with E-state index in [0.29, 0.717) is 17.8 Å². The molecule has 3 amide bonds. The van der Waals surface area contributed by atoms with Gasteiger partial charge in [-0.1, -0.05) is 18.2 Å². The van der Waals surface area contributed by atoms with Gasteiger partial charge in [-0.25, -0.2) is 4.79 Å². The number of fused-ring (bicyclic) bond motifs is 1. The van der Waals surface area contributed by atoms with E-state index in [-0.39, 0.29) is 5.91 Å². The summed E-state index contributed by atoms with van der Waals surface area (Å²) in [4.78, 5) is 23.3. The van der Waals surface area contributed by atoms with Gasteiger partial charge in [0.25, 0.3) is 5.91 Å². The molecule has 124 valence electrons. The third-order valence-electron chi connectivity index (χ3n) is 4.26. The maximum absolute atomic E-state index is 12.4. The molecule has 24 heavy (non-hydrogen) atoms. The first-order valence-corrected chi connectivity index (χ1v) is 8.17. The van der Waals surface area contributed by atoms with Gasteiger partial charge in [0, 0.05) is 17.8 Å². The van der Waals surface area contributed by atoms with E-state index >= 15 is 0 Å². The second-order valence-corrected chi connectivity index (χ2v) is 6.06. The van der Waals surface area contributed by atoms with Crippen LogP contribution in [0.2, 0.25) is 0 Å². The van der Waals surface area contributed by atoms with E-state index in [4.69, 9.17) is 5.73 Å². The van der Waals surface area contributed by atoms with Crippen molar-refractivity contribution in [2.24, 2.45) is 5.73 Å². The predicted molar refractivity (Wildman–Crippen MR) is 93.9 cm³/mol. The second kappa shape index (κ2) is 7.17. The van der Waals surface area contributed by atoms with E-state index in [2.05, 4.69) is 16.7 Å². The zero-order valence-corrected chi connectivity index (χ0v) is 13.5. The number of hydrogen-bond acceptors (Lipinski definition) is 2. The van der Waals surface area contributed by atoms with Crippen molar-refractivity contribution in [3.8, 4) is 0 Å². The van der Waals surface area contributed by atoms with Gasteiger partial charge in [0.05, 0.1) is 0 Å². The first-order chi connectivity index (χ1) is 11.6. The topological polar surface area (TPSA) is 84.2 Å². The van der Waals surface area contributed by atoms with E-state index in [0.717, 1.165) is 18.4 Å². The highest BCUT2D eigenvalue weighted by molar-refractivity contribution is 5.94. The smallest absolute Gasteiger partial charge is 0.316 e. The summed E-state index contributed by atoms with van der Waals surface area (Å²) in [6.07, 6.45) is 4.58. The Bertz CT molecular complexity index is 771. The fourth-order valence-electron chi connectivity index (χ4n) is 3.06. The Hall–Kier alpha value is -2.82. The van der Waals surface area contributed by atoms with Crippen molar-refractivity contribution in [3.63, 3.8) is 0 Å². The van der Waals surface area contributed by atoms with E-state index in [1.165, 1.54) is 24.0 Å². The maximum atomic E-state index is 12.4. The summed E-state index contributed by atoms with van der Waals surface area (Å²) in [5, 5.41) is 5.44. The molecule has 0 spiro atoms. The summed E-state index contributed by atoms with van der Waals surface area (Å²) in [5.41, 5.74) is 9.97. The molecule has 0 aromatic heterocycles. The number of nitrogens with one attached hydrogen (secondary N) is 2. The zero-order valence-electron chi connectivity index (χ0n) is 13.5. The number of benzene rings is 2. The standard InChI is InChI=1S/C19H21N3O2/c20-19(24)22-17-7-3-4-13(10-17)12-21-18(23)16-9-8-14-5-1-2-6-15(14)11-16/h3-4,7-11H,1-2,5-6,12H2,(H,21,23)(H3,20,22,24). The highest BCUT2D eigenvalue weighted by atomic mass is 16.2. The van der Waals surface area contributed by atoms with Crippen LogP contribution in [0.1, 0.15) is 39.9 Å². The van der Waals surface area contributed by atoms with Crippen molar-refractivity contribution in [1.29, 1.82) is 0 Å². The molecule has 0 bridgehead atoms. The molecule has 0 saturated heterocycles. The average molecular weight is 323 g/mol. The quantitative estimate of drug-likeness (QED) is 0.808. The summed E-state index contributed by atoms with van der Waals surface area (Å²) >= 11 is 0. The van der Waals surface area contributed by atoms with Gasteiger partial charge >= 0.3 is 6.03 Å². The van der Waals surface area contributed by atoms with Gasteiger partial charge in [0.2, 0.25) is 0 Å². The van der Waals surface area contributed by atoms with Crippen molar-refractivity contribution in [2.75, 3.05) is 5.32 Å². The molecular weight excluding hydrogens is 302 g/mol. The minimum absolute atomic E-state index is 0.0864. The lowest BCUT2D eigenvalue weighted by Gasteiger charge is -2.16. The van der Waals surface area contributed by atoms with Gasteiger partial charge in [0.15, 0.2) is 0 Å². The van der Waals surface area contributed by atoms with Crippen LogP contribution >= 0.6 is 0 Å². The zero-order chi connectivity index (χ0) is 16.9. The lowest BCUT2D eigenvalue weighted by molar-refractivity contribution is 0.0950. The van der Waals surface area contributed by atoms with Crippen LogP contribution in [0.15, 0.2) is 42.5 Å². The molecule has 2 aromatic rings. The van der Waals surface area contributed by atoms with E-state index in [9.17, 15) is 9.59 Å².